The molecule has 4 aromatic rings. The number of fused-ring (bicyclic) bond motifs is 6. The van der Waals surface area contributed by atoms with E-state index in [9.17, 15) is 4.79 Å². The summed E-state index contributed by atoms with van der Waals surface area (Å²) in [4.78, 5) is 29.2. The van der Waals surface area contributed by atoms with Crippen LogP contribution in [-0.2, 0) is 9.47 Å². The lowest BCUT2D eigenvalue weighted by Crippen LogP contribution is -2.57. The number of aryl methyl sites for hydroxylation is 1. The van der Waals surface area contributed by atoms with E-state index in [1.54, 1.807) is 18.2 Å². The van der Waals surface area contributed by atoms with Crippen molar-refractivity contribution in [3.63, 3.8) is 0 Å². The average molecular weight is 744 g/mol. The van der Waals surface area contributed by atoms with Gasteiger partial charge in [0.05, 0.1) is 42.5 Å². The van der Waals surface area contributed by atoms with Gasteiger partial charge in [0, 0.05) is 48.1 Å². The molecule has 4 unspecified atom stereocenters. The van der Waals surface area contributed by atoms with E-state index >= 15 is 8.78 Å². The Bertz CT molecular complexity index is 2120. The molecule has 5 heterocycles. The second-order valence-corrected chi connectivity index (χ2v) is 16.2. The number of morpholine rings is 1. The number of halogens is 3. The molecule has 4 aliphatic heterocycles. The summed E-state index contributed by atoms with van der Waals surface area (Å²) >= 11 is 7.01. The first kappa shape index (κ1) is 35.8. The van der Waals surface area contributed by atoms with Crippen LogP contribution in [0.15, 0.2) is 30.3 Å². The molecule has 0 N–H and O–H groups in total. The number of hydrogen-bond acceptors (Lipinski definition) is 8. The summed E-state index contributed by atoms with van der Waals surface area (Å²) in [6.45, 7) is 11.1. The molecule has 1 aromatic heterocycles. The van der Waals surface area contributed by atoms with E-state index in [4.69, 9.17) is 37.2 Å². The van der Waals surface area contributed by atoms with Crippen LogP contribution >= 0.6 is 11.6 Å². The Kier molecular flexibility index (Phi) is 9.36. The minimum Gasteiger partial charge on any atom is -0.463 e. The fraction of sp³-hybridized carbons (Fsp3) is 0.488. The first-order chi connectivity index (χ1) is 25.4. The van der Waals surface area contributed by atoms with E-state index in [0.717, 1.165) is 57.4 Å². The highest BCUT2D eigenvalue weighted by Crippen LogP contribution is 2.44. The molecule has 4 atom stereocenters. The Hall–Kier alpha value is -4.24. The average Bonchev–Trinajstić information content (AvgIpc) is 3.49. The van der Waals surface area contributed by atoms with Gasteiger partial charge in [0.15, 0.2) is 5.82 Å². The second-order valence-electron chi connectivity index (χ2n) is 15.8. The number of hydrogen-bond donors (Lipinski definition) is 0. The zero-order valence-electron chi connectivity index (χ0n) is 30.6. The van der Waals surface area contributed by atoms with Crippen LogP contribution in [0, 0.1) is 30.9 Å². The van der Waals surface area contributed by atoms with Crippen LogP contribution in [0.3, 0.4) is 0 Å². The van der Waals surface area contributed by atoms with Crippen molar-refractivity contribution < 1.29 is 27.8 Å². The second kappa shape index (κ2) is 13.9. The summed E-state index contributed by atoms with van der Waals surface area (Å²) in [5.74, 6) is 1.69. The summed E-state index contributed by atoms with van der Waals surface area (Å²) < 4.78 is 50.1. The van der Waals surface area contributed by atoms with E-state index in [0.29, 0.717) is 59.3 Å². The third kappa shape index (κ3) is 6.64. The van der Waals surface area contributed by atoms with Gasteiger partial charge < -0.3 is 19.1 Å². The van der Waals surface area contributed by atoms with Crippen molar-refractivity contribution in [3.8, 4) is 29.5 Å². The lowest BCUT2D eigenvalue weighted by atomic mass is 9.91. The van der Waals surface area contributed by atoms with Crippen LogP contribution in [0.5, 0.6) is 6.01 Å². The predicted octanol–water partition coefficient (Wildman–Crippen LogP) is 7.89. The van der Waals surface area contributed by atoms with Gasteiger partial charge in [-0.15, -0.1) is 6.42 Å². The van der Waals surface area contributed by atoms with E-state index in [1.165, 1.54) is 6.07 Å². The standard InChI is InChI=1S/C41H44ClF2N5O4/c1-6-29-33(43)13-8-24-16-23(2)17-30(34(24)29)35-32(42)18-31-37(36(35)44)45-39(52-15-7-14-48-27-11-12-28(48)22-51-21-27)46-38(31)47-19-25-9-10-26(20-47)49(25)40(50)53-41(3,4)5/h1,8,13,16-18,25-28H,7,9-12,14-15,19-22H2,2-5H3. The molecule has 9 nitrogen and oxygen atoms in total. The lowest BCUT2D eigenvalue weighted by molar-refractivity contribution is -0.0161. The molecule has 1 amide bonds. The summed E-state index contributed by atoms with van der Waals surface area (Å²) in [5, 5.41) is 1.60. The van der Waals surface area contributed by atoms with Crippen LogP contribution in [0.2, 0.25) is 5.02 Å². The molecule has 4 aliphatic rings. The van der Waals surface area contributed by atoms with Gasteiger partial charge in [-0.05, 0) is 88.4 Å². The molecule has 3 aromatic carbocycles. The molecule has 278 valence electrons. The van der Waals surface area contributed by atoms with E-state index in [1.807, 2.05) is 38.7 Å². The lowest BCUT2D eigenvalue weighted by Gasteiger charge is -2.42. The van der Waals surface area contributed by atoms with Crippen LogP contribution in [0.25, 0.3) is 32.8 Å². The minimum absolute atomic E-state index is 0.0332. The van der Waals surface area contributed by atoms with Crippen LogP contribution in [-0.4, -0.2) is 95.1 Å². The van der Waals surface area contributed by atoms with Gasteiger partial charge >= 0.3 is 12.1 Å². The predicted molar refractivity (Wildman–Crippen MR) is 202 cm³/mol. The maximum absolute atomic E-state index is 17.3. The first-order valence-electron chi connectivity index (χ1n) is 18.5. The molecule has 4 fully saturated rings. The van der Waals surface area contributed by atoms with Crippen molar-refractivity contribution in [2.24, 2.45) is 0 Å². The van der Waals surface area contributed by atoms with Crippen molar-refractivity contribution in [2.75, 3.05) is 44.4 Å². The summed E-state index contributed by atoms with van der Waals surface area (Å²) in [7, 11) is 0. The topological polar surface area (TPSA) is 80.3 Å². The number of anilines is 1. The van der Waals surface area contributed by atoms with Crippen molar-refractivity contribution in [1.82, 2.24) is 19.8 Å². The maximum atomic E-state index is 17.3. The molecule has 0 spiro atoms. The number of benzene rings is 3. The largest absolute Gasteiger partial charge is 0.463 e. The summed E-state index contributed by atoms with van der Waals surface area (Å²) in [6, 6.07) is 8.97. The van der Waals surface area contributed by atoms with E-state index in [-0.39, 0.29) is 45.9 Å². The normalized spacial score (nSPS) is 22.8. The smallest absolute Gasteiger partial charge is 0.410 e. The van der Waals surface area contributed by atoms with Crippen molar-refractivity contribution in [1.29, 1.82) is 0 Å². The molecule has 0 radical (unpaired) electrons. The zero-order chi connectivity index (χ0) is 37.2. The summed E-state index contributed by atoms with van der Waals surface area (Å²) in [6.07, 6.45) is 10.1. The van der Waals surface area contributed by atoms with E-state index in [2.05, 4.69) is 20.7 Å². The molecular weight excluding hydrogens is 700 g/mol. The quantitative estimate of drug-likeness (QED) is 0.140. The fourth-order valence-electron chi connectivity index (χ4n) is 8.82. The van der Waals surface area contributed by atoms with Crippen molar-refractivity contribution >= 4 is 45.2 Å². The molecule has 4 bridgehead atoms. The highest BCUT2D eigenvalue weighted by Gasteiger charge is 2.45. The van der Waals surface area contributed by atoms with Gasteiger partial charge in [0.2, 0.25) is 0 Å². The van der Waals surface area contributed by atoms with Gasteiger partial charge in [-0.2, -0.15) is 9.97 Å². The monoisotopic (exact) mass is 743 g/mol. The van der Waals surface area contributed by atoms with Crippen LogP contribution in [0.1, 0.15) is 64.0 Å². The number of amides is 1. The molecule has 0 saturated carbocycles. The van der Waals surface area contributed by atoms with E-state index < -0.39 is 17.2 Å². The minimum atomic E-state index is -0.680. The Morgan fingerprint density at radius 3 is 2.42 bits per heavy atom. The van der Waals surface area contributed by atoms with Crippen LogP contribution in [0.4, 0.5) is 19.4 Å². The zero-order valence-corrected chi connectivity index (χ0v) is 31.3. The number of ether oxygens (including phenoxy) is 3. The number of carbonyl (C=O) groups excluding carboxylic acids is 1. The maximum Gasteiger partial charge on any atom is 0.410 e. The van der Waals surface area contributed by atoms with Gasteiger partial charge in [0.1, 0.15) is 22.8 Å². The SMILES string of the molecule is C#Cc1c(F)ccc2cc(C)cc(-c3c(Cl)cc4c(N5CC6CCC(C5)N6C(=O)OC(C)(C)C)nc(OCCCN5C6CCC5COC6)nc4c3F)c12. The van der Waals surface area contributed by atoms with Crippen LogP contribution < -0.4 is 9.64 Å². The highest BCUT2D eigenvalue weighted by molar-refractivity contribution is 6.35. The number of terminal acetylenes is 1. The summed E-state index contributed by atoms with van der Waals surface area (Å²) in [5.41, 5.74) is 0.730. The number of carbonyl (C=O) groups is 1. The molecule has 4 saturated heterocycles. The number of rotatable bonds is 7. The molecular formula is C41H44ClF2N5O4. The third-order valence-corrected chi connectivity index (χ3v) is 11.3. The number of piperazine rings is 1. The van der Waals surface area contributed by atoms with Gasteiger partial charge in [-0.1, -0.05) is 35.7 Å². The third-order valence-electron chi connectivity index (χ3n) is 11.0. The Labute approximate surface area is 313 Å². The van der Waals surface area contributed by atoms with Gasteiger partial charge in [-0.25, -0.2) is 13.6 Å². The molecule has 0 aliphatic carbocycles. The number of nitrogens with zero attached hydrogens (tertiary/aromatic N) is 5. The Morgan fingerprint density at radius 1 is 1.04 bits per heavy atom. The molecule has 12 heteroatoms. The fourth-order valence-corrected chi connectivity index (χ4v) is 9.11. The Morgan fingerprint density at radius 2 is 1.74 bits per heavy atom. The Balaban J connectivity index is 1.18. The number of aromatic nitrogens is 2. The first-order valence-corrected chi connectivity index (χ1v) is 18.9. The highest BCUT2D eigenvalue weighted by atomic mass is 35.5. The van der Waals surface area contributed by atoms with Gasteiger partial charge in [0.25, 0.3) is 0 Å². The molecule has 8 rings (SSSR count). The van der Waals surface area contributed by atoms with Gasteiger partial charge in [-0.3, -0.25) is 9.80 Å². The van der Waals surface area contributed by atoms with Crippen molar-refractivity contribution in [3.05, 3.63) is 58.1 Å². The molecule has 53 heavy (non-hydrogen) atoms. The van der Waals surface area contributed by atoms with Crippen molar-refractivity contribution in [2.45, 2.75) is 89.6 Å².